The standard InChI is InChI=1S/C22H19N3O2.HI/c1-16-9-5-6-12-18(16)25-20(26)15-24-14-8-7-13-19(24)21(25)22(27)23-17-10-3-2-4-11-17;/h2-14,21H,15H2,1H3;1H. The van der Waals surface area contributed by atoms with Crippen LogP contribution in [0.4, 0.5) is 11.4 Å². The molecular formula is C22H20IN3O2. The van der Waals surface area contributed by atoms with E-state index in [1.54, 1.807) is 4.90 Å². The van der Waals surface area contributed by atoms with Gasteiger partial charge in [-0.2, -0.15) is 4.57 Å². The number of aryl methyl sites for hydroxylation is 1. The number of hydrogen-bond donors (Lipinski definition) is 1. The third-order valence-corrected chi connectivity index (χ3v) is 4.75. The fourth-order valence-electron chi connectivity index (χ4n) is 3.47. The maximum Gasteiger partial charge on any atom is 0.294 e. The van der Waals surface area contributed by atoms with E-state index in [-0.39, 0.29) is 42.3 Å². The van der Waals surface area contributed by atoms with Crippen LogP contribution in [0.5, 0.6) is 0 Å². The van der Waals surface area contributed by atoms with Gasteiger partial charge >= 0.3 is 0 Å². The number of carbonyl (C=O) groups excluding carboxylic acids is 2. The summed E-state index contributed by atoms with van der Waals surface area (Å²) in [5.74, 6) is -0.348. The van der Waals surface area contributed by atoms with Crippen molar-refractivity contribution in [1.29, 1.82) is 0 Å². The van der Waals surface area contributed by atoms with Crippen molar-refractivity contribution < 1.29 is 38.1 Å². The predicted octanol–water partition coefficient (Wildman–Crippen LogP) is 0.0131. The van der Waals surface area contributed by atoms with E-state index < -0.39 is 6.04 Å². The molecule has 2 amide bonds. The Labute approximate surface area is 181 Å². The van der Waals surface area contributed by atoms with Gasteiger partial charge in [-0.15, -0.1) is 0 Å². The van der Waals surface area contributed by atoms with Crippen molar-refractivity contribution in [1.82, 2.24) is 0 Å². The summed E-state index contributed by atoms with van der Waals surface area (Å²) in [6.07, 6.45) is 1.84. The normalized spacial score (nSPS) is 15.4. The molecule has 28 heavy (non-hydrogen) atoms. The van der Waals surface area contributed by atoms with Crippen molar-refractivity contribution in [2.75, 3.05) is 10.2 Å². The summed E-state index contributed by atoms with van der Waals surface area (Å²) < 4.78 is 1.84. The molecule has 1 N–H and O–H groups in total. The molecule has 0 fully saturated rings. The Morgan fingerprint density at radius 3 is 2.43 bits per heavy atom. The highest BCUT2D eigenvalue weighted by molar-refractivity contribution is 6.05. The van der Waals surface area contributed by atoms with Crippen LogP contribution in [0.1, 0.15) is 17.3 Å². The number of nitrogens with zero attached hydrogens (tertiary/aromatic N) is 2. The second-order valence-electron chi connectivity index (χ2n) is 6.56. The molecule has 0 radical (unpaired) electrons. The van der Waals surface area contributed by atoms with E-state index in [2.05, 4.69) is 5.32 Å². The van der Waals surface area contributed by atoms with Crippen LogP contribution in [0.25, 0.3) is 0 Å². The number of carbonyl (C=O) groups is 2. The van der Waals surface area contributed by atoms with Gasteiger partial charge in [0.25, 0.3) is 11.8 Å². The van der Waals surface area contributed by atoms with Crippen LogP contribution in [0.15, 0.2) is 79.0 Å². The second-order valence-corrected chi connectivity index (χ2v) is 6.56. The minimum atomic E-state index is -0.742. The fourth-order valence-corrected chi connectivity index (χ4v) is 3.47. The Hall–Kier alpha value is -2.74. The molecule has 1 aliphatic rings. The van der Waals surface area contributed by atoms with Gasteiger partial charge in [0.15, 0.2) is 6.20 Å². The third kappa shape index (κ3) is 3.77. The largest absolute Gasteiger partial charge is 1.00 e. The summed E-state index contributed by atoms with van der Waals surface area (Å²) in [5, 5.41) is 2.95. The van der Waals surface area contributed by atoms with Crippen molar-refractivity contribution in [3.8, 4) is 0 Å². The summed E-state index contributed by atoms with van der Waals surface area (Å²) in [4.78, 5) is 27.9. The smallest absolute Gasteiger partial charge is 0.294 e. The summed E-state index contributed by atoms with van der Waals surface area (Å²) in [6, 6.07) is 21.8. The first-order valence-electron chi connectivity index (χ1n) is 8.87. The zero-order chi connectivity index (χ0) is 18.8. The zero-order valence-corrected chi connectivity index (χ0v) is 17.5. The number of amides is 2. The molecule has 2 aromatic carbocycles. The van der Waals surface area contributed by atoms with Gasteiger partial charge in [0, 0.05) is 23.5 Å². The van der Waals surface area contributed by atoms with Crippen molar-refractivity contribution in [2.24, 2.45) is 0 Å². The molecule has 0 spiro atoms. The number of aromatic nitrogens is 1. The first-order chi connectivity index (χ1) is 13.1. The average molecular weight is 485 g/mol. The zero-order valence-electron chi connectivity index (χ0n) is 15.4. The van der Waals surface area contributed by atoms with Crippen LogP contribution in [-0.4, -0.2) is 11.8 Å². The molecule has 5 nitrogen and oxygen atoms in total. The van der Waals surface area contributed by atoms with Gasteiger partial charge in [0.1, 0.15) is 0 Å². The number of anilines is 2. The molecule has 0 aliphatic carbocycles. The van der Waals surface area contributed by atoms with Gasteiger partial charge in [0.2, 0.25) is 18.3 Å². The molecule has 3 aromatic rings. The van der Waals surface area contributed by atoms with Crippen LogP contribution >= 0.6 is 0 Å². The number of para-hydroxylation sites is 2. The monoisotopic (exact) mass is 485 g/mol. The number of nitrogens with one attached hydrogen (secondary N) is 1. The number of pyridine rings is 1. The molecule has 2 heterocycles. The third-order valence-electron chi connectivity index (χ3n) is 4.75. The molecular weight excluding hydrogens is 465 g/mol. The van der Waals surface area contributed by atoms with Gasteiger partial charge < -0.3 is 29.3 Å². The lowest BCUT2D eigenvalue weighted by atomic mass is 10.0. The van der Waals surface area contributed by atoms with E-state index >= 15 is 0 Å². The Balaban J connectivity index is 0.00000225. The van der Waals surface area contributed by atoms with Crippen LogP contribution < -0.4 is 38.8 Å². The highest BCUT2D eigenvalue weighted by atomic mass is 127. The molecule has 1 aromatic heterocycles. The number of hydrogen-bond acceptors (Lipinski definition) is 2. The Morgan fingerprint density at radius 2 is 1.68 bits per heavy atom. The van der Waals surface area contributed by atoms with Gasteiger partial charge in [-0.1, -0.05) is 42.5 Å². The molecule has 6 heteroatoms. The van der Waals surface area contributed by atoms with Crippen LogP contribution in [0, 0.1) is 6.92 Å². The van der Waals surface area contributed by atoms with E-state index in [0.717, 1.165) is 16.9 Å². The van der Waals surface area contributed by atoms with Crippen molar-refractivity contribution in [3.63, 3.8) is 0 Å². The lowest BCUT2D eigenvalue weighted by Gasteiger charge is -2.33. The SMILES string of the molecule is Cc1ccccc1N1C(=O)C[n+]2ccccc2C1C(=O)Nc1ccccc1.[I-]. The quantitative estimate of drug-likeness (QED) is 0.420. The molecule has 0 saturated heterocycles. The topological polar surface area (TPSA) is 53.3 Å². The first-order valence-corrected chi connectivity index (χ1v) is 8.87. The van der Waals surface area contributed by atoms with E-state index in [1.807, 2.05) is 90.5 Å². The minimum absolute atomic E-state index is 0. The summed E-state index contributed by atoms with van der Waals surface area (Å²) in [7, 11) is 0. The maximum absolute atomic E-state index is 13.3. The molecule has 1 aliphatic heterocycles. The van der Waals surface area contributed by atoms with Gasteiger partial charge in [0.05, 0.1) is 0 Å². The molecule has 0 bridgehead atoms. The summed E-state index contributed by atoms with van der Waals surface area (Å²) >= 11 is 0. The number of benzene rings is 2. The van der Waals surface area contributed by atoms with E-state index in [9.17, 15) is 9.59 Å². The minimum Gasteiger partial charge on any atom is -1.00 e. The number of halogens is 1. The first kappa shape index (κ1) is 20.0. The van der Waals surface area contributed by atoms with Crippen LogP contribution in [0.2, 0.25) is 0 Å². The molecule has 142 valence electrons. The molecule has 0 saturated carbocycles. The van der Waals surface area contributed by atoms with Crippen molar-refractivity contribution in [2.45, 2.75) is 19.5 Å². The lowest BCUT2D eigenvalue weighted by Crippen LogP contribution is -3.00. The van der Waals surface area contributed by atoms with Crippen LogP contribution in [-0.2, 0) is 16.1 Å². The number of fused-ring (bicyclic) bond motifs is 1. The van der Waals surface area contributed by atoms with Crippen molar-refractivity contribution >= 4 is 23.2 Å². The number of rotatable bonds is 3. The molecule has 1 unspecified atom stereocenters. The van der Waals surface area contributed by atoms with Gasteiger partial charge in [-0.3, -0.25) is 14.5 Å². The van der Waals surface area contributed by atoms with E-state index in [4.69, 9.17) is 0 Å². The van der Waals surface area contributed by atoms with Crippen LogP contribution in [0.3, 0.4) is 0 Å². The lowest BCUT2D eigenvalue weighted by molar-refractivity contribution is -0.695. The average Bonchev–Trinajstić information content (AvgIpc) is 2.68. The van der Waals surface area contributed by atoms with Gasteiger partial charge in [-0.05, 0) is 30.7 Å². The Kier molecular flexibility index (Phi) is 6.08. The summed E-state index contributed by atoms with van der Waals surface area (Å²) in [5.41, 5.74) is 3.19. The molecule has 1 atom stereocenters. The summed E-state index contributed by atoms with van der Waals surface area (Å²) in [6.45, 7) is 2.15. The maximum atomic E-state index is 13.3. The predicted molar refractivity (Wildman–Crippen MR) is 103 cm³/mol. The fraction of sp³-hybridized carbons (Fsp3) is 0.136. The Bertz CT molecular complexity index is 1010. The highest BCUT2D eigenvalue weighted by Crippen LogP contribution is 2.31. The van der Waals surface area contributed by atoms with E-state index in [1.165, 1.54) is 0 Å². The molecule has 4 rings (SSSR count). The van der Waals surface area contributed by atoms with E-state index in [0.29, 0.717) is 5.69 Å². The van der Waals surface area contributed by atoms with Crippen molar-refractivity contribution in [3.05, 3.63) is 90.3 Å². The highest BCUT2D eigenvalue weighted by Gasteiger charge is 2.44. The Morgan fingerprint density at radius 1 is 1.00 bits per heavy atom. The second kappa shape index (κ2) is 8.52. The van der Waals surface area contributed by atoms with Gasteiger partial charge in [-0.25, -0.2) is 0 Å².